The molecule has 5 nitrogen and oxygen atoms in total. The maximum absolute atomic E-state index is 11.7. The molecule has 104 valence electrons. The molecule has 19 heavy (non-hydrogen) atoms. The molecule has 0 aliphatic heterocycles. The van der Waals surface area contributed by atoms with Crippen LogP contribution < -0.4 is 10.1 Å². The quantitative estimate of drug-likeness (QED) is 0.740. The lowest BCUT2D eigenvalue weighted by Crippen LogP contribution is -2.36. The fourth-order valence-electron chi connectivity index (χ4n) is 1.49. The number of carbonyl (C=O) groups excluding carboxylic acids is 1. The Balaban J connectivity index is 2.56. The molecule has 5 heteroatoms. The third kappa shape index (κ3) is 4.99. The van der Waals surface area contributed by atoms with Crippen LogP contribution in [0.3, 0.4) is 0 Å². The van der Waals surface area contributed by atoms with Crippen molar-refractivity contribution in [1.29, 1.82) is 0 Å². The van der Waals surface area contributed by atoms with E-state index in [1.807, 2.05) is 6.92 Å². The van der Waals surface area contributed by atoms with E-state index in [1.165, 1.54) is 12.1 Å². The largest absolute Gasteiger partial charge is 0.481 e. The minimum absolute atomic E-state index is 0.135. The Kier molecular flexibility index (Phi) is 5.85. The first-order chi connectivity index (χ1) is 9.04. The molecule has 0 heterocycles. The van der Waals surface area contributed by atoms with Crippen molar-refractivity contribution in [3.8, 4) is 5.75 Å². The summed E-state index contributed by atoms with van der Waals surface area (Å²) in [4.78, 5) is 22.5. The number of benzene rings is 1. The average molecular weight is 265 g/mol. The number of amides is 1. The molecular formula is C14H19NO4. The van der Waals surface area contributed by atoms with E-state index in [0.29, 0.717) is 12.3 Å². The summed E-state index contributed by atoms with van der Waals surface area (Å²) in [7, 11) is 0. The zero-order valence-electron chi connectivity index (χ0n) is 11.2. The number of nitrogens with one attached hydrogen (secondary N) is 1. The summed E-state index contributed by atoms with van der Waals surface area (Å²) >= 11 is 0. The smallest absolute Gasteiger partial charge is 0.335 e. The zero-order chi connectivity index (χ0) is 14.3. The molecule has 0 fully saturated rings. The third-order valence-electron chi connectivity index (χ3n) is 2.59. The van der Waals surface area contributed by atoms with Crippen molar-refractivity contribution in [3.63, 3.8) is 0 Å². The van der Waals surface area contributed by atoms with Gasteiger partial charge in [-0.1, -0.05) is 19.4 Å². The Morgan fingerprint density at radius 1 is 1.42 bits per heavy atom. The summed E-state index contributed by atoms with van der Waals surface area (Å²) in [5.74, 6) is -0.849. The molecule has 0 radical (unpaired) electrons. The van der Waals surface area contributed by atoms with Gasteiger partial charge in [-0.2, -0.15) is 0 Å². The monoisotopic (exact) mass is 265 g/mol. The average Bonchev–Trinajstić information content (AvgIpc) is 2.39. The molecule has 0 aliphatic carbocycles. The van der Waals surface area contributed by atoms with Gasteiger partial charge >= 0.3 is 5.97 Å². The SMILES string of the molecule is CCCCNC(=O)C(C)Oc1cccc(C(=O)O)c1. The molecule has 1 amide bonds. The van der Waals surface area contributed by atoms with E-state index >= 15 is 0 Å². The Morgan fingerprint density at radius 3 is 2.79 bits per heavy atom. The maximum Gasteiger partial charge on any atom is 0.335 e. The highest BCUT2D eigenvalue weighted by atomic mass is 16.5. The fraction of sp³-hybridized carbons (Fsp3) is 0.429. The van der Waals surface area contributed by atoms with E-state index in [1.54, 1.807) is 19.1 Å². The van der Waals surface area contributed by atoms with Crippen molar-refractivity contribution >= 4 is 11.9 Å². The van der Waals surface area contributed by atoms with Crippen LogP contribution in [0.1, 0.15) is 37.0 Å². The van der Waals surface area contributed by atoms with Crippen LogP contribution in [0.5, 0.6) is 5.75 Å². The molecule has 0 aliphatic rings. The van der Waals surface area contributed by atoms with Crippen LogP contribution in [0.15, 0.2) is 24.3 Å². The molecule has 1 rings (SSSR count). The Hall–Kier alpha value is -2.04. The number of carbonyl (C=O) groups is 2. The summed E-state index contributed by atoms with van der Waals surface area (Å²) in [6.07, 6.45) is 1.28. The summed E-state index contributed by atoms with van der Waals surface area (Å²) in [6, 6.07) is 6.09. The molecule has 0 bridgehead atoms. The Bertz CT molecular complexity index is 445. The summed E-state index contributed by atoms with van der Waals surface area (Å²) < 4.78 is 5.42. The van der Waals surface area contributed by atoms with E-state index in [4.69, 9.17) is 9.84 Å². The van der Waals surface area contributed by atoms with Gasteiger partial charge in [0.05, 0.1) is 5.56 Å². The van der Waals surface area contributed by atoms with Crippen LogP contribution >= 0.6 is 0 Å². The third-order valence-corrected chi connectivity index (χ3v) is 2.59. The first-order valence-corrected chi connectivity index (χ1v) is 6.32. The molecule has 1 aromatic rings. The maximum atomic E-state index is 11.7. The van der Waals surface area contributed by atoms with Crippen LogP contribution in [0.25, 0.3) is 0 Å². The second-order valence-electron chi connectivity index (χ2n) is 4.24. The molecule has 1 unspecified atom stereocenters. The first-order valence-electron chi connectivity index (χ1n) is 6.32. The van der Waals surface area contributed by atoms with Gasteiger partial charge in [0.15, 0.2) is 6.10 Å². The van der Waals surface area contributed by atoms with E-state index < -0.39 is 12.1 Å². The normalized spacial score (nSPS) is 11.7. The zero-order valence-corrected chi connectivity index (χ0v) is 11.2. The standard InChI is InChI=1S/C14H19NO4/c1-3-4-8-15-13(16)10(2)19-12-7-5-6-11(9-12)14(17)18/h5-7,9-10H,3-4,8H2,1-2H3,(H,15,16)(H,17,18). The van der Waals surface area contributed by atoms with E-state index in [2.05, 4.69) is 5.32 Å². The van der Waals surface area contributed by atoms with Crippen molar-refractivity contribution in [2.24, 2.45) is 0 Å². The number of rotatable bonds is 7. The van der Waals surface area contributed by atoms with Gasteiger partial charge in [0, 0.05) is 6.54 Å². The van der Waals surface area contributed by atoms with Gasteiger partial charge in [-0.3, -0.25) is 4.79 Å². The number of carboxylic acid groups (broad SMARTS) is 1. The van der Waals surface area contributed by atoms with Gasteiger partial charge in [-0.25, -0.2) is 4.79 Å². The van der Waals surface area contributed by atoms with Crippen molar-refractivity contribution in [3.05, 3.63) is 29.8 Å². The highest BCUT2D eigenvalue weighted by molar-refractivity contribution is 5.88. The van der Waals surface area contributed by atoms with Crippen molar-refractivity contribution in [1.82, 2.24) is 5.32 Å². The number of unbranched alkanes of at least 4 members (excludes halogenated alkanes) is 1. The minimum atomic E-state index is -1.02. The second-order valence-corrected chi connectivity index (χ2v) is 4.24. The fourth-order valence-corrected chi connectivity index (χ4v) is 1.49. The minimum Gasteiger partial charge on any atom is -0.481 e. The van der Waals surface area contributed by atoms with E-state index in [0.717, 1.165) is 12.8 Å². The first kappa shape index (κ1) is 15.0. The van der Waals surface area contributed by atoms with Crippen LogP contribution in [-0.2, 0) is 4.79 Å². The molecule has 0 spiro atoms. The molecule has 0 saturated carbocycles. The lowest BCUT2D eigenvalue weighted by Gasteiger charge is -2.14. The van der Waals surface area contributed by atoms with Crippen LogP contribution in [-0.4, -0.2) is 29.6 Å². The van der Waals surface area contributed by atoms with Gasteiger partial charge < -0.3 is 15.2 Å². The predicted molar refractivity (Wildman–Crippen MR) is 71.4 cm³/mol. The van der Waals surface area contributed by atoms with Gasteiger partial charge in [-0.05, 0) is 31.5 Å². The Morgan fingerprint density at radius 2 is 2.16 bits per heavy atom. The van der Waals surface area contributed by atoms with E-state index in [-0.39, 0.29) is 11.5 Å². The predicted octanol–water partition coefficient (Wildman–Crippen LogP) is 2.07. The molecule has 0 saturated heterocycles. The topological polar surface area (TPSA) is 75.6 Å². The number of hydrogen-bond donors (Lipinski definition) is 2. The van der Waals surface area contributed by atoms with Crippen LogP contribution in [0, 0.1) is 0 Å². The number of hydrogen-bond acceptors (Lipinski definition) is 3. The van der Waals surface area contributed by atoms with Crippen LogP contribution in [0.2, 0.25) is 0 Å². The summed E-state index contributed by atoms with van der Waals surface area (Å²) in [5, 5.41) is 11.6. The number of aromatic carboxylic acids is 1. The van der Waals surface area contributed by atoms with Gasteiger partial charge in [-0.15, -0.1) is 0 Å². The molecule has 0 aromatic heterocycles. The number of carboxylic acids is 1. The van der Waals surface area contributed by atoms with Crippen molar-refractivity contribution < 1.29 is 19.4 Å². The molecule has 2 N–H and O–H groups in total. The Labute approximate surface area is 112 Å². The summed E-state index contributed by atoms with van der Waals surface area (Å²) in [6.45, 7) is 4.30. The van der Waals surface area contributed by atoms with Gasteiger partial charge in [0.2, 0.25) is 0 Å². The van der Waals surface area contributed by atoms with Crippen molar-refractivity contribution in [2.45, 2.75) is 32.8 Å². The summed E-state index contributed by atoms with van der Waals surface area (Å²) in [5.41, 5.74) is 0.135. The van der Waals surface area contributed by atoms with E-state index in [9.17, 15) is 9.59 Å². The lowest BCUT2D eigenvalue weighted by atomic mass is 10.2. The highest BCUT2D eigenvalue weighted by Gasteiger charge is 2.14. The molecular weight excluding hydrogens is 246 g/mol. The highest BCUT2D eigenvalue weighted by Crippen LogP contribution is 2.15. The van der Waals surface area contributed by atoms with Gasteiger partial charge in [0.1, 0.15) is 5.75 Å². The van der Waals surface area contributed by atoms with Crippen LogP contribution in [0.4, 0.5) is 0 Å². The van der Waals surface area contributed by atoms with Gasteiger partial charge in [0.25, 0.3) is 5.91 Å². The molecule has 1 aromatic carbocycles. The number of ether oxygens (including phenoxy) is 1. The lowest BCUT2D eigenvalue weighted by molar-refractivity contribution is -0.127. The van der Waals surface area contributed by atoms with Crippen molar-refractivity contribution in [2.75, 3.05) is 6.54 Å². The molecule has 1 atom stereocenters. The second kappa shape index (κ2) is 7.41.